The van der Waals surface area contributed by atoms with E-state index in [1.165, 1.54) is 0 Å². The number of ketones is 1. The van der Waals surface area contributed by atoms with Crippen molar-refractivity contribution < 1.29 is 25.2 Å². The molecule has 0 aliphatic rings. The Balaban J connectivity index is 4.09. The normalized spacial score (nSPS) is 14.6. The first-order chi connectivity index (χ1) is 5.11. The Hall–Kier alpha value is -0.910. The van der Waals surface area contributed by atoms with Gasteiger partial charge in [-0.2, -0.15) is 0 Å². The van der Waals surface area contributed by atoms with Crippen LogP contribution >= 0.6 is 0 Å². The average Bonchev–Trinajstić information content (AvgIpc) is 2.02. The summed E-state index contributed by atoms with van der Waals surface area (Å²) < 4.78 is 0. The molecular formula is C6H10O5. The molecule has 0 spiro atoms. The Labute approximate surface area is 63.2 Å². The third-order valence-corrected chi connectivity index (χ3v) is 0.967. The van der Waals surface area contributed by atoms with E-state index < -0.39 is 30.9 Å². The minimum atomic E-state index is -1.27. The van der Waals surface area contributed by atoms with Gasteiger partial charge >= 0.3 is 0 Å². The van der Waals surface area contributed by atoms with Gasteiger partial charge in [-0.05, 0) is 6.08 Å². The first-order valence-electron chi connectivity index (χ1n) is 2.95. The molecule has 0 saturated heterocycles. The summed E-state index contributed by atoms with van der Waals surface area (Å²) in [4.78, 5) is 10.4. The highest BCUT2D eigenvalue weighted by Crippen LogP contribution is 1.93. The first kappa shape index (κ1) is 10.1. The van der Waals surface area contributed by atoms with Gasteiger partial charge in [0.2, 0.25) is 5.78 Å². The summed E-state index contributed by atoms with van der Waals surface area (Å²) in [7, 11) is 0. The number of carbonyl (C=O) groups is 1. The van der Waals surface area contributed by atoms with E-state index >= 15 is 0 Å². The zero-order valence-electron chi connectivity index (χ0n) is 5.77. The minimum absolute atomic E-state index is 0.581. The lowest BCUT2D eigenvalue weighted by atomic mass is 10.2. The molecule has 0 aromatic carbocycles. The lowest BCUT2D eigenvalue weighted by Crippen LogP contribution is -2.14. The monoisotopic (exact) mass is 162 g/mol. The highest BCUT2D eigenvalue weighted by molar-refractivity contribution is 5.93. The molecule has 0 heterocycles. The van der Waals surface area contributed by atoms with Gasteiger partial charge in [0.1, 0.15) is 6.61 Å². The molecule has 1 unspecified atom stereocenters. The number of rotatable bonds is 4. The standard InChI is InChI=1S/C6H10O5/c7-2-4(9)1-5(10)6(11)3-8/h1,4,7-10H,2-3H2/b5-1+. The van der Waals surface area contributed by atoms with Crippen LogP contribution < -0.4 is 0 Å². The summed E-state index contributed by atoms with van der Waals surface area (Å²) in [6.07, 6.45) is -0.510. The largest absolute Gasteiger partial charge is 0.504 e. The Kier molecular flexibility index (Phi) is 4.44. The highest BCUT2D eigenvalue weighted by Gasteiger charge is 2.07. The Morgan fingerprint density at radius 3 is 2.36 bits per heavy atom. The van der Waals surface area contributed by atoms with Crippen LogP contribution in [0.5, 0.6) is 0 Å². The number of aliphatic hydroxyl groups is 4. The molecule has 5 heteroatoms. The van der Waals surface area contributed by atoms with E-state index in [-0.39, 0.29) is 0 Å². The summed E-state index contributed by atoms with van der Waals surface area (Å²) in [5, 5.41) is 33.8. The van der Waals surface area contributed by atoms with Gasteiger partial charge in [-0.15, -0.1) is 0 Å². The lowest BCUT2D eigenvalue weighted by molar-refractivity contribution is -0.120. The van der Waals surface area contributed by atoms with Crippen LogP contribution in [0.2, 0.25) is 0 Å². The molecule has 1 atom stereocenters. The van der Waals surface area contributed by atoms with Crippen LogP contribution in [0.15, 0.2) is 11.8 Å². The summed E-state index contributed by atoms with van der Waals surface area (Å²) in [6.45, 7) is -1.40. The van der Waals surface area contributed by atoms with Crippen LogP contribution in [0.1, 0.15) is 0 Å². The fraction of sp³-hybridized carbons (Fsp3) is 0.500. The maximum atomic E-state index is 10.4. The molecule has 0 aromatic heterocycles. The fourth-order valence-electron chi connectivity index (χ4n) is 0.409. The van der Waals surface area contributed by atoms with Gasteiger partial charge in [0.15, 0.2) is 5.76 Å². The van der Waals surface area contributed by atoms with Gasteiger partial charge in [-0.1, -0.05) is 0 Å². The zero-order valence-corrected chi connectivity index (χ0v) is 5.77. The van der Waals surface area contributed by atoms with E-state index in [9.17, 15) is 4.79 Å². The van der Waals surface area contributed by atoms with Crippen LogP contribution in [0.3, 0.4) is 0 Å². The topological polar surface area (TPSA) is 98.0 Å². The molecule has 0 bridgehead atoms. The van der Waals surface area contributed by atoms with Crippen molar-refractivity contribution in [3.63, 3.8) is 0 Å². The van der Waals surface area contributed by atoms with Crippen molar-refractivity contribution in [1.29, 1.82) is 0 Å². The van der Waals surface area contributed by atoms with E-state index in [0.29, 0.717) is 0 Å². The Morgan fingerprint density at radius 2 is 2.00 bits per heavy atom. The quantitative estimate of drug-likeness (QED) is 0.293. The van der Waals surface area contributed by atoms with Crippen molar-refractivity contribution in [1.82, 2.24) is 0 Å². The number of hydrogen-bond acceptors (Lipinski definition) is 5. The third-order valence-electron chi connectivity index (χ3n) is 0.967. The summed E-state index contributed by atoms with van der Waals surface area (Å²) in [5.74, 6) is -1.63. The van der Waals surface area contributed by atoms with Crippen molar-refractivity contribution in [2.75, 3.05) is 13.2 Å². The number of carbonyl (C=O) groups excluding carboxylic acids is 1. The van der Waals surface area contributed by atoms with E-state index in [2.05, 4.69) is 0 Å². The van der Waals surface area contributed by atoms with Crippen LogP contribution in [0.4, 0.5) is 0 Å². The molecule has 0 aliphatic carbocycles. The smallest absolute Gasteiger partial charge is 0.222 e. The van der Waals surface area contributed by atoms with Crippen molar-refractivity contribution in [2.45, 2.75) is 6.10 Å². The van der Waals surface area contributed by atoms with Crippen LogP contribution in [0.25, 0.3) is 0 Å². The van der Waals surface area contributed by atoms with Gasteiger partial charge in [0.05, 0.1) is 12.7 Å². The molecule has 0 amide bonds. The van der Waals surface area contributed by atoms with Crippen LogP contribution in [-0.2, 0) is 4.79 Å². The van der Waals surface area contributed by atoms with Crippen molar-refractivity contribution in [2.24, 2.45) is 0 Å². The van der Waals surface area contributed by atoms with E-state index in [0.717, 1.165) is 6.08 Å². The average molecular weight is 162 g/mol. The maximum absolute atomic E-state index is 10.4. The molecule has 0 rings (SSSR count). The summed E-state index contributed by atoms with van der Waals surface area (Å²) in [6, 6.07) is 0. The van der Waals surface area contributed by atoms with Gasteiger partial charge < -0.3 is 20.4 Å². The second kappa shape index (κ2) is 4.84. The predicted molar refractivity (Wildman–Crippen MR) is 35.9 cm³/mol. The molecule has 5 nitrogen and oxygen atoms in total. The van der Waals surface area contributed by atoms with Gasteiger partial charge in [-0.25, -0.2) is 0 Å². The SMILES string of the molecule is O=C(CO)/C(O)=C\C(O)CO. The Bertz CT molecular complexity index is 162. The van der Waals surface area contributed by atoms with E-state index in [1.807, 2.05) is 0 Å². The second-order valence-electron chi connectivity index (χ2n) is 1.88. The number of aliphatic hydroxyl groups excluding tert-OH is 4. The summed E-state index contributed by atoms with van der Waals surface area (Å²) >= 11 is 0. The van der Waals surface area contributed by atoms with Gasteiger partial charge in [0, 0.05) is 0 Å². The zero-order chi connectivity index (χ0) is 8.85. The highest BCUT2D eigenvalue weighted by atomic mass is 16.3. The Morgan fingerprint density at radius 1 is 1.45 bits per heavy atom. The van der Waals surface area contributed by atoms with Gasteiger partial charge in [-0.3, -0.25) is 4.79 Å². The predicted octanol–water partition coefficient (Wildman–Crippen LogP) is -1.66. The molecule has 4 N–H and O–H groups in total. The molecule has 0 radical (unpaired) electrons. The number of hydrogen-bond donors (Lipinski definition) is 4. The maximum Gasteiger partial charge on any atom is 0.222 e. The summed E-state index contributed by atoms with van der Waals surface area (Å²) in [5.41, 5.74) is 0. The molecule has 0 aliphatic heterocycles. The van der Waals surface area contributed by atoms with Crippen LogP contribution in [0, 0.1) is 0 Å². The lowest BCUT2D eigenvalue weighted by Gasteiger charge is -2.00. The molecule has 0 aromatic rings. The van der Waals surface area contributed by atoms with E-state index in [1.54, 1.807) is 0 Å². The van der Waals surface area contributed by atoms with Crippen LogP contribution in [-0.4, -0.2) is 45.5 Å². The third kappa shape index (κ3) is 3.72. The fourth-order valence-corrected chi connectivity index (χ4v) is 0.409. The first-order valence-corrected chi connectivity index (χ1v) is 2.95. The van der Waals surface area contributed by atoms with Gasteiger partial charge in [0.25, 0.3) is 0 Å². The van der Waals surface area contributed by atoms with Crippen molar-refractivity contribution in [3.8, 4) is 0 Å². The minimum Gasteiger partial charge on any atom is -0.504 e. The molecule has 11 heavy (non-hydrogen) atoms. The molecule has 0 fully saturated rings. The molecule has 64 valence electrons. The van der Waals surface area contributed by atoms with Crippen molar-refractivity contribution >= 4 is 5.78 Å². The molecular weight excluding hydrogens is 152 g/mol. The second-order valence-corrected chi connectivity index (χ2v) is 1.88. The van der Waals surface area contributed by atoms with Crippen molar-refractivity contribution in [3.05, 3.63) is 11.8 Å². The molecule has 0 saturated carbocycles. The van der Waals surface area contributed by atoms with E-state index in [4.69, 9.17) is 20.4 Å². The number of Topliss-reactive ketones (excluding diaryl/α,β-unsaturated/α-hetero) is 1.